The topological polar surface area (TPSA) is 52.2 Å². The number of benzene rings is 2. The highest BCUT2D eigenvalue weighted by molar-refractivity contribution is 14.1. The van der Waals surface area contributed by atoms with Crippen molar-refractivity contribution < 1.29 is 0 Å². The van der Waals surface area contributed by atoms with Crippen molar-refractivity contribution in [1.29, 1.82) is 0 Å². The van der Waals surface area contributed by atoms with Crippen molar-refractivity contribution in [2.24, 2.45) is 5.10 Å². The van der Waals surface area contributed by atoms with Gasteiger partial charge in [0.15, 0.2) is 0 Å². The van der Waals surface area contributed by atoms with Crippen molar-refractivity contribution in [2.75, 3.05) is 0 Å². The second-order valence-corrected chi connectivity index (χ2v) is 11.4. The zero-order chi connectivity index (χ0) is 24.1. The summed E-state index contributed by atoms with van der Waals surface area (Å²) in [6.45, 7) is 12.4. The number of rotatable bonds is 3. The van der Waals surface area contributed by atoms with Crippen molar-refractivity contribution >= 4 is 55.6 Å². The maximum Gasteiger partial charge on any atom is 0.282 e. The summed E-state index contributed by atoms with van der Waals surface area (Å²) < 4.78 is 5.73. The molecule has 2 heterocycles. The molecule has 33 heavy (non-hydrogen) atoms. The van der Waals surface area contributed by atoms with E-state index < -0.39 is 0 Å². The predicted octanol–water partition coefficient (Wildman–Crippen LogP) is 6.66. The van der Waals surface area contributed by atoms with E-state index in [1.54, 1.807) is 12.3 Å². The first-order valence-corrected chi connectivity index (χ1v) is 12.6. The van der Waals surface area contributed by atoms with Crippen molar-refractivity contribution in [1.82, 2.24) is 14.2 Å². The van der Waals surface area contributed by atoms with E-state index in [1.807, 2.05) is 32.9 Å². The largest absolute Gasteiger partial charge is 0.318 e. The lowest BCUT2D eigenvalue weighted by atomic mass is 9.95. The van der Waals surface area contributed by atoms with Crippen LogP contribution in [-0.4, -0.2) is 20.4 Å². The Kier molecular flexibility index (Phi) is 6.39. The fourth-order valence-corrected chi connectivity index (χ4v) is 4.64. The van der Waals surface area contributed by atoms with Gasteiger partial charge in [-0.2, -0.15) is 9.78 Å². The average molecular weight is 617 g/mol. The van der Waals surface area contributed by atoms with Crippen LogP contribution < -0.4 is 5.56 Å². The molecule has 2 aromatic heterocycles. The van der Waals surface area contributed by atoms with Crippen LogP contribution in [0.3, 0.4) is 0 Å². The molecule has 4 rings (SSSR count). The van der Waals surface area contributed by atoms with Crippen LogP contribution in [-0.2, 0) is 5.41 Å². The summed E-state index contributed by atoms with van der Waals surface area (Å²) in [4.78, 5) is 18.2. The highest BCUT2D eigenvalue weighted by Gasteiger charge is 2.23. The summed E-state index contributed by atoms with van der Waals surface area (Å²) in [6.07, 6.45) is 1.76. The van der Waals surface area contributed by atoms with Gasteiger partial charge < -0.3 is 4.57 Å². The number of nitrogens with zero attached hydrogens (tertiary/aromatic N) is 4. The van der Waals surface area contributed by atoms with Gasteiger partial charge in [0.05, 0.1) is 17.1 Å². The fourth-order valence-electron chi connectivity index (χ4n) is 3.94. The minimum atomic E-state index is -0.354. The molecule has 0 bridgehead atoms. The Morgan fingerprint density at radius 3 is 2.45 bits per heavy atom. The number of fused-ring (bicyclic) bond motifs is 1. The second kappa shape index (κ2) is 8.83. The third kappa shape index (κ3) is 4.57. The molecule has 0 amide bonds. The smallest absolute Gasteiger partial charge is 0.282 e. The normalized spacial score (nSPS) is 12.2. The highest BCUT2D eigenvalue weighted by atomic mass is 127. The van der Waals surface area contributed by atoms with Crippen LogP contribution in [0.15, 0.2) is 56.8 Å². The first-order chi connectivity index (χ1) is 15.5. The molecular weight excluding hydrogens is 591 g/mol. The lowest BCUT2D eigenvalue weighted by molar-refractivity contribution is 0.506. The van der Waals surface area contributed by atoms with E-state index in [2.05, 4.69) is 93.2 Å². The second-order valence-electron chi connectivity index (χ2n) is 9.30. The molecule has 0 fully saturated rings. The predicted molar refractivity (Wildman–Crippen MR) is 148 cm³/mol. The van der Waals surface area contributed by atoms with E-state index in [4.69, 9.17) is 4.98 Å². The van der Waals surface area contributed by atoms with E-state index in [9.17, 15) is 4.79 Å². The molecule has 0 radical (unpaired) electrons. The van der Waals surface area contributed by atoms with Crippen LogP contribution in [0.1, 0.15) is 49.1 Å². The third-order valence-electron chi connectivity index (χ3n) is 5.66. The lowest BCUT2D eigenvalue weighted by Gasteiger charge is -2.20. The number of hydrogen-bond donors (Lipinski definition) is 0. The Hall–Kier alpha value is -2.26. The van der Waals surface area contributed by atoms with E-state index in [0.717, 1.165) is 27.1 Å². The minimum absolute atomic E-state index is 0.176. The molecule has 0 unspecified atom stereocenters. The summed E-state index contributed by atoms with van der Waals surface area (Å²) in [5.41, 5.74) is 5.64. The van der Waals surface area contributed by atoms with Gasteiger partial charge in [-0.3, -0.25) is 4.79 Å². The van der Waals surface area contributed by atoms with E-state index in [1.165, 1.54) is 13.8 Å². The van der Waals surface area contributed by atoms with Crippen LogP contribution in [0.4, 0.5) is 0 Å². The molecule has 0 aliphatic carbocycles. The van der Waals surface area contributed by atoms with Crippen molar-refractivity contribution in [3.8, 4) is 5.69 Å². The molecule has 0 N–H and O–H groups in total. The Morgan fingerprint density at radius 1 is 1.06 bits per heavy atom. The lowest BCUT2D eigenvalue weighted by Crippen LogP contribution is -2.29. The molecule has 7 heteroatoms. The zero-order valence-corrected chi connectivity index (χ0v) is 23.3. The standard InChI is InChI=1S/C26H26BrIN4O/c1-15-11-20(8-9-22(15)28)31-16(2)12-18(17(31)3)14-29-32-24(33)21-13-19(27)7-10-23(21)30-25(32)26(4,5)6/h7-14H,1-6H3. The van der Waals surface area contributed by atoms with Gasteiger partial charge >= 0.3 is 0 Å². The summed E-state index contributed by atoms with van der Waals surface area (Å²) in [6, 6.07) is 14.1. The molecule has 5 nitrogen and oxygen atoms in total. The van der Waals surface area contributed by atoms with Crippen molar-refractivity contribution in [3.05, 3.63) is 89.2 Å². The van der Waals surface area contributed by atoms with Crippen molar-refractivity contribution in [2.45, 2.75) is 47.0 Å². The van der Waals surface area contributed by atoms with Crippen LogP contribution in [0.25, 0.3) is 16.6 Å². The number of aromatic nitrogens is 3. The summed E-state index contributed by atoms with van der Waals surface area (Å²) in [7, 11) is 0. The summed E-state index contributed by atoms with van der Waals surface area (Å²) in [5, 5.41) is 5.19. The van der Waals surface area contributed by atoms with Gasteiger partial charge in [-0.05, 0) is 91.4 Å². The maximum absolute atomic E-state index is 13.4. The van der Waals surface area contributed by atoms with Crippen LogP contribution in [0.5, 0.6) is 0 Å². The first-order valence-electron chi connectivity index (χ1n) is 10.7. The van der Waals surface area contributed by atoms with E-state index >= 15 is 0 Å². The van der Waals surface area contributed by atoms with Gasteiger partial charge in [0, 0.05) is 36.1 Å². The third-order valence-corrected chi connectivity index (χ3v) is 7.37. The molecule has 2 aromatic carbocycles. The monoisotopic (exact) mass is 616 g/mol. The molecule has 0 saturated heterocycles. The maximum atomic E-state index is 13.4. The van der Waals surface area contributed by atoms with Gasteiger partial charge in [-0.25, -0.2) is 4.98 Å². The Labute approximate surface area is 215 Å². The summed E-state index contributed by atoms with van der Waals surface area (Å²) in [5.74, 6) is 0.626. The quantitative estimate of drug-likeness (QED) is 0.191. The first kappa shape index (κ1) is 23.9. The van der Waals surface area contributed by atoms with Crippen LogP contribution in [0.2, 0.25) is 0 Å². The summed E-state index contributed by atoms with van der Waals surface area (Å²) >= 11 is 5.81. The average Bonchev–Trinajstić information content (AvgIpc) is 3.02. The van der Waals surface area contributed by atoms with Gasteiger partial charge in [0.25, 0.3) is 5.56 Å². The molecule has 4 aromatic rings. The van der Waals surface area contributed by atoms with Gasteiger partial charge in [0.2, 0.25) is 0 Å². The SMILES string of the molecule is Cc1cc(-n2c(C)cc(C=Nn3c(C(C)(C)C)nc4ccc(Br)cc4c3=O)c2C)ccc1I. The number of aryl methyl sites for hydroxylation is 2. The molecule has 170 valence electrons. The van der Waals surface area contributed by atoms with E-state index in [-0.39, 0.29) is 11.0 Å². The molecule has 0 atom stereocenters. The molecular formula is C26H26BrIN4O. The van der Waals surface area contributed by atoms with Crippen molar-refractivity contribution in [3.63, 3.8) is 0 Å². The van der Waals surface area contributed by atoms with Crippen LogP contribution in [0, 0.1) is 24.3 Å². The fraction of sp³-hybridized carbons (Fsp3) is 0.269. The van der Waals surface area contributed by atoms with Gasteiger partial charge in [-0.15, -0.1) is 0 Å². The molecule has 0 aliphatic heterocycles. The van der Waals surface area contributed by atoms with E-state index in [0.29, 0.717) is 16.7 Å². The highest BCUT2D eigenvalue weighted by Crippen LogP contribution is 2.25. The number of hydrogen-bond acceptors (Lipinski definition) is 3. The van der Waals surface area contributed by atoms with Crippen LogP contribution >= 0.6 is 38.5 Å². The molecule has 0 spiro atoms. The number of halogens is 2. The molecule has 0 saturated carbocycles. The Morgan fingerprint density at radius 2 is 1.79 bits per heavy atom. The van der Waals surface area contributed by atoms with Gasteiger partial charge in [-0.1, -0.05) is 36.7 Å². The Balaban J connectivity index is 1.86. The molecule has 0 aliphatic rings. The van der Waals surface area contributed by atoms with Gasteiger partial charge in [0.1, 0.15) is 5.82 Å². The minimum Gasteiger partial charge on any atom is -0.318 e. The zero-order valence-electron chi connectivity index (χ0n) is 19.6. The Bertz CT molecular complexity index is 1470.